The number of benzene rings is 1. The lowest BCUT2D eigenvalue weighted by atomic mass is 9.96. The van der Waals surface area contributed by atoms with Gasteiger partial charge in [-0.15, -0.1) is 0 Å². The molecular weight excluding hydrogens is 261 g/mol. The molecule has 2 rings (SSSR count). The van der Waals surface area contributed by atoms with Crippen LogP contribution in [0.1, 0.15) is 25.3 Å². The highest BCUT2D eigenvalue weighted by Crippen LogP contribution is 2.39. The summed E-state index contributed by atoms with van der Waals surface area (Å²) >= 11 is 0. The van der Waals surface area contributed by atoms with Gasteiger partial charge in [-0.2, -0.15) is 0 Å². The number of hydrogen-bond donors (Lipinski definition) is 1. The van der Waals surface area contributed by atoms with Crippen molar-refractivity contribution in [2.24, 2.45) is 11.7 Å². The molecule has 5 heteroatoms. The van der Waals surface area contributed by atoms with Crippen LogP contribution in [0.15, 0.2) is 18.2 Å². The average molecular weight is 281 g/mol. The van der Waals surface area contributed by atoms with E-state index in [-0.39, 0.29) is 24.9 Å². The highest BCUT2D eigenvalue weighted by Gasteiger charge is 2.50. The van der Waals surface area contributed by atoms with Crippen LogP contribution in [-0.2, 0) is 9.53 Å². The van der Waals surface area contributed by atoms with Crippen LogP contribution in [0.3, 0.4) is 0 Å². The minimum absolute atomic E-state index is 0.0504. The first kappa shape index (κ1) is 14.8. The molecule has 1 aromatic carbocycles. The van der Waals surface area contributed by atoms with E-state index in [0.29, 0.717) is 0 Å². The molecule has 4 nitrogen and oxygen atoms in total. The van der Waals surface area contributed by atoms with Crippen molar-refractivity contribution < 1.29 is 18.7 Å². The lowest BCUT2D eigenvalue weighted by Crippen LogP contribution is -2.55. The van der Waals surface area contributed by atoms with E-state index in [4.69, 9.17) is 15.2 Å². The summed E-state index contributed by atoms with van der Waals surface area (Å²) in [7, 11) is 0. The molecule has 0 spiro atoms. The fraction of sp³-hybridized carbons (Fsp3) is 0.533. The highest BCUT2D eigenvalue weighted by atomic mass is 19.1. The predicted octanol–water partition coefficient (Wildman–Crippen LogP) is 2.18. The van der Waals surface area contributed by atoms with Crippen LogP contribution in [0.2, 0.25) is 0 Å². The number of nitrogens with two attached hydrogens (primary N) is 1. The number of carbonyl (C=O) groups excluding carboxylic acids is 1. The molecule has 110 valence electrons. The third-order valence-corrected chi connectivity index (χ3v) is 3.51. The molecule has 1 unspecified atom stereocenters. The maximum Gasteiger partial charge on any atom is 0.329 e. The number of halogens is 1. The molecule has 0 heterocycles. The Morgan fingerprint density at radius 2 is 2.20 bits per heavy atom. The van der Waals surface area contributed by atoms with Gasteiger partial charge in [-0.3, -0.25) is 0 Å². The van der Waals surface area contributed by atoms with Gasteiger partial charge in [-0.1, -0.05) is 6.07 Å². The van der Waals surface area contributed by atoms with Gasteiger partial charge < -0.3 is 15.2 Å². The molecule has 1 fully saturated rings. The summed E-state index contributed by atoms with van der Waals surface area (Å²) in [5.41, 5.74) is 5.84. The Balaban J connectivity index is 2.09. The van der Waals surface area contributed by atoms with Crippen LogP contribution in [0.4, 0.5) is 4.39 Å². The van der Waals surface area contributed by atoms with Crippen LogP contribution in [0.25, 0.3) is 0 Å². The van der Waals surface area contributed by atoms with E-state index in [1.165, 1.54) is 6.07 Å². The number of rotatable bonds is 6. The Morgan fingerprint density at radius 3 is 2.80 bits per heavy atom. The summed E-state index contributed by atoms with van der Waals surface area (Å²) in [6.45, 7) is 3.76. The molecule has 1 saturated carbocycles. The first-order chi connectivity index (χ1) is 9.47. The Bertz CT molecular complexity index is 502. The monoisotopic (exact) mass is 281 g/mol. The maximum absolute atomic E-state index is 13.6. The van der Waals surface area contributed by atoms with E-state index >= 15 is 0 Å². The zero-order valence-electron chi connectivity index (χ0n) is 11.8. The number of ether oxygens (including phenoxy) is 2. The van der Waals surface area contributed by atoms with E-state index in [9.17, 15) is 9.18 Å². The van der Waals surface area contributed by atoms with Gasteiger partial charge >= 0.3 is 5.97 Å². The Morgan fingerprint density at radius 1 is 1.50 bits per heavy atom. The number of aryl methyl sites for hydroxylation is 1. The third kappa shape index (κ3) is 3.10. The van der Waals surface area contributed by atoms with Crippen molar-refractivity contribution in [1.29, 1.82) is 0 Å². The number of carbonyl (C=O) groups is 1. The van der Waals surface area contributed by atoms with Crippen molar-refractivity contribution in [1.82, 2.24) is 0 Å². The molecule has 1 atom stereocenters. The molecule has 0 aromatic heterocycles. The molecule has 0 bridgehead atoms. The fourth-order valence-corrected chi connectivity index (χ4v) is 2.13. The van der Waals surface area contributed by atoms with Crippen LogP contribution < -0.4 is 10.5 Å². The Kier molecular flexibility index (Phi) is 4.28. The highest BCUT2D eigenvalue weighted by molar-refractivity contribution is 5.81. The lowest BCUT2D eigenvalue weighted by molar-refractivity contribution is -0.152. The molecule has 1 aliphatic carbocycles. The van der Waals surface area contributed by atoms with Crippen molar-refractivity contribution in [2.45, 2.75) is 32.2 Å². The second-order valence-electron chi connectivity index (χ2n) is 5.26. The van der Waals surface area contributed by atoms with Crippen LogP contribution in [0.5, 0.6) is 5.75 Å². The van der Waals surface area contributed by atoms with Crippen molar-refractivity contribution >= 4 is 5.97 Å². The van der Waals surface area contributed by atoms with Gasteiger partial charge in [-0.25, -0.2) is 9.18 Å². The summed E-state index contributed by atoms with van der Waals surface area (Å²) in [6.07, 6.45) is 1.74. The zero-order chi connectivity index (χ0) is 14.8. The van der Waals surface area contributed by atoms with Crippen molar-refractivity contribution in [2.75, 3.05) is 13.2 Å². The fourth-order valence-electron chi connectivity index (χ4n) is 2.13. The van der Waals surface area contributed by atoms with Crippen LogP contribution in [0, 0.1) is 18.7 Å². The van der Waals surface area contributed by atoms with E-state index in [0.717, 1.165) is 18.4 Å². The summed E-state index contributed by atoms with van der Waals surface area (Å²) in [6, 6.07) is 4.59. The van der Waals surface area contributed by atoms with Gasteiger partial charge in [0.2, 0.25) is 0 Å². The molecule has 0 saturated heterocycles. The molecule has 1 aliphatic rings. The second kappa shape index (κ2) is 5.79. The zero-order valence-corrected chi connectivity index (χ0v) is 11.8. The predicted molar refractivity (Wildman–Crippen MR) is 72.9 cm³/mol. The largest absolute Gasteiger partial charge is 0.488 e. The summed E-state index contributed by atoms with van der Waals surface area (Å²) < 4.78 is 24.1. The standard InChI is InChI=1S/C15H20FNO3/c1-3-19-14(18)15(17,11-5-6-11)9-20-13-8-10(2)4-7-12(13)16/h4,7-8,11H,3,5-6,9,17H2,1-2H3. The quantitative estimate of drug-likeness (QED) is 0.812. The maximum atomic E-state index is 13.6. The van der Waals surface area contributed by atoms with E-state index in [2.05, 4.69) is 0 Å². The first-order valence-corrected chi connectivity index (χ1v) is 6.82. The average Bonchev–Trinajstić information content (AvgIpc) is 3.24. The van der Waals surface area contributed by atoms with E-state index < -0.39 is 17.3 Å². The first-order valence-electron chi connectivity index (χ1n) is 6.82. The smallest absolute Gasteiger partial charge is 0.329 e. The molecule has 0 amide bonds. The molecule has 1 aromatic rings. The number of esters is 1. The second-order valence-corrected chi connectivity index (χ2v) is 5.26. The van der Waals surface area contributed by atoms with Crippen molar-refractivity contribution in [3.8, 4) is 5.75 Å². The molecular formula is C15H20FNO3. The van der Waals surface area contributed by atoms with E-state index in [1.807, 2.05) is 6.92 Å². The van der Waals surface area contributed by atoms with Crippen molar-refractivity contribution in [3.05, 3.63) is 29.6 Å². The van der Waals surface area contributed by atoms with Gasteiger partial charge in [0, 0.05) is 0 Å². The Labute approximate surface area is 118 Å². The summed E-state index contributed by atoms with van der Waals surface area (Å²) in [5.74, 6) is -0.771. The van der Waals surface area contributed by atoms with Crippen molar-refractivity contribution in [3.63, 3.8) is 0 Å². The Hall–Kier alpha value is -1.62. The molecule has 0 aliphatic heterocycles. The molecule has 20 heavy (non-hydrogen) atoms. The van der Waals surface area contributed by atoms with Gasteiger partial charge in [0.05, 0.1) is 6.61 Å². The van der Waals surface area contributed by atoms with Crippen LogP contribution in [-0.4, -0.2) is 24.7 Å². The van der Waals surface area contributed by atoms with Crippen LogP contribution >= 0.6 is 0 Å². The molecule has 0 radical (unpaired) electrons. The minimum Gasteiger partial charge on any atom is -0.488 e. The normalized spacial score (nSPS) is 17.4. The lowest BCUT2D eigenvalue weighted by Gasteiger charge is -2.27. The SMILES string of the molecule is CCOC(=O)C(N)(COc1cc(C)ccc1F)C1CC1. The third-order valence-electron chi connectivity index (χ3n) is 3.51. The number of hydrogen-bond acceptors (Lipinski definition) is 4. The van der Waals surface area contributed by atoms with Gasteiger partial charge in [0.25, 0.3) is 0 Å². The topological polar surface area (TPSA) is 61.5 Å². The molecule has 2 N–H and O–H groups in total. The van der Waals surface area contributed by atoms with Gasteiger partial charge in [0.1, 0.15) is 6.61 Å². The summed E-state index contributed by atoms with van der Waals surface area (Å²) in [4.78, 5) is 12.0. The summed E-state index contributed by atoms with van der Waals surface area (Å²) in [5, 5.41) is 0. The van der Waals surface area contributed by atoms with E-state index in [1.54, 1.807) is 19.1 Å². The minimum atomic E-state index is -1.19. The van der Waals surface area contributed by atoms with Gasteiger partial charge in [-0.05, 0) is 50.3 Å². The van der Waals surface area contributed by atoms with Gasteiger partial charge in [0.15, 0.2) is 17.1 Å².